The van der Waals surface area contributed by atoms with Gasteiger partial charge in [0.05, 0.1) is 17.3 Å². The van der Waals surface area contributed by atoms with Crippen LogP contribution in [0.2, 0.25) is 5.02 Å². The van der Waals surface area contributed by atoms with E-state index < -0.39 is 0 Å². The van der Waals surface area contributed by atoms with Gasteiger partial charge in [-0.1, -0.05) is 11.6 Å². The van der Waals surface area contributed by atoms with Gasteiger partial charge in [0, 0.05) is 11.3 Å². The number of benzene rings is 1. The Kier molecular flexibility index (Phi) is 6.04. The lowest BCUT2D eigenvalue weighted by Crippen LogP contribution is -2.30. The Morgan fingerprint density at radius 3 is 2.81 bits per heavy atom. The number of aryl methyl sites for hydroxylation is 2. The Balaban J connectivity index is 1.30. The zero-order valence-electron chi connectivity index (χ0n) is 16.3. The maximum Gasteiger partial charge on any atom is 0.139 e. The van der Waals surface area contributed by atoms with Crippen LogP contribution in [0.3, 0.4) is 0 Å². The van der Waals surface area contributed by atoms with Gasteiger partial charge < -0.3 is 14.6 Å². The number of imidazole rings is 1. The molecule has 2 aromatic rings. The largest absolute Gasteiger partial charge is 0.494 e. The van der Waals surface area contributed by atoms with Crippen LogP contribution in [-0.4, -0.2) is 41.6 Å². The van der Waals surface area contributed by atoms with E-state index in [4.69, 9.17) is 21.3 Å². The molecule has 27 heavy (non-hydrogen) atoms. The van der Waals surface area contributed by atoms with Gasteiger partial charge in [0.1, 0.15) is 11.6 Å². The average Bonchev–Trinajstić information content (AvgIpc) is 3.10. The van der Waals surface area contributed by atoms with Crippen molar-refractivity contribution < 1.29 is 4.74 Å². The number of aromatic nitrogens is 2. The fourth-order valence-corrected chi connectivity index (χ4v) is 4.53. The molecule has 0 spiro atoms. The van der Waals surface area contributed by atoms with Crippen molar-refractivity contribution in [3.05, 3.63) is 34.6 Å². The fourth-order valence-electron chi connectivity index (χ4n) is 4.27. The Morgan fingerprint density at radius 2 is 2.04 bits per heavy atom. The highest BCUT2D eigenvalue weighted by Crippen LogP contribution is 2.32. The molecule has 4 nitrogen and oxygen atoms in total. The molecule has 0 unspecified atom stereocenters. The Bertz CT molecular complexity index is 741. The number of hydrogen-bond donors (Lipinski definition) is 1. The van der Waals surface area contributed by atoms with Crippen LogP contribution in [0, 0.1) is 5.92 Å². The summed E-state index contributed by atoms with van der Waals surface area (Å²) < 4.78 is 5.95. The minimum Gasteiger partial charge on any atom is -0.494 e. The summed E-state index contributed by atoms with van der Waals surface area (Å²) in [6.45, 7) is 3.23. The number of nitrogens with one attached hydrogen (secondary N) is 1. The van der Waals surface area contributed by atoms with Crippen molar-refractivity contribution in [2.75, 3.05) is 26.7 Å². The van der Waals surface area contributed by atoms with E-state index in [1.807, 2.05) is 18.2 Å². The monoisotopic (exact) mass is 387 g/mol. The molecule has 0 radical (unpaired) electrons. The standard InChI is InChI=1S/C22H30ClN3O/c1-26-12-10-16(11-13-26)5-4-14-27-17-8-9-18(19(23)15-17)22-24-20-6-2-3-7-21(20)25-22/h8-9,15-16H,2-7,10-14H2,1H3,(H,24,25). The van der Waals surface area contributed by atoms with Gasteiger partial charge in [0.15, 0.2) is 0 Å². The third-order valence-corrected chi connectivity index (χ3v) is 6.33. The summed E-state index contributed by atoms with van der Waals surface area (Å²) in [6.07, 6.45) is 9.66. The Hall–Kier alpha value is -1.52. The number of likely N-dealkylation sites (tertiary alicyclic amines) is 1. The molecule has 4 rings (SSSR count). The summed E-state index contributed by atoms with van der Waals surface area (Å²) >= 11 is 6.53. The number of ether oxygens (including phenoxy) is 1. The van der Waals surface area contributed by atoms with E-state index in [9.17, 15) is 0 Å². The molecule has 1 fully saturated rings. The first kappa shape index (κ1) is 18.8. The van der Waals surface area contributed by atoms with Crippen molar-refractivity contribution in [3.8, 4) is 17.1 Å². The van der Waals surface area contributed by atoms with E-state index >= 15 is 0 Å². The van der Waals surface area contributed by atoms with Crippen LogP contribution in [0.1, 0.15) is 49.9 Å². The van der Waals surface area contributed by atoms with Crippen LogP contribution >= 0.6 is 11.6 Å². The van der Waals surface area contributed by atoms with Crippen molar-refractivity contribution in [2.45, 2.75) is 51.4 Å². The van der Waals surface area contributed by atoms with Gasteiger partial charge >= 0.3 is 0 Å². The number of aromatic amines is 1. The molecule has 146 valence electrons. The quantitative estimate of drug-likeness (QED) is 0.700. The molecule has 1 saturated heterocycles. The van der Waals surface area contributed by atoms with Gasteiger partial charge in [-0.25, -0.2) is 4.98 Å². The Labute approximate surface area is 167 Å². The zero-order valence-corrected chi connectivity index (χ0v) is 17.0. The lowest BCUT2D eigenvalue weighted by Gasteiger charge is -2.28. The molecule has 0 bridgehead atoms. The highest BCUT2D eigenvalue weighted by molar-refractivity contribution is 6.33. The number of hydrogen-bond acceptors (Lipinski definition) is 3. The van der Waals surface area contributed by atoms with E-state index in [0.29, 0.717) is 5.02 Å². The molecule has 1 aliphatic carbocycles. The van der Waals surface area contributed by atoms with Crippen molar-refractivity contribution in [1.29, 1.82) is 0 Å². The van der Waals surface area contributed by atoms with Gasteiger partial charge in [0.2, 0.25) is 0 Å². The average molecular weight is 388 g/mol. The molecule has 1 N–H and O–H groups in total. The van der Waals surface area contributed by atoms with E-state index in [1.54, 1.807) is 0 Å². The molecule has 0 amide bonds. The molecule has 1 aromatic carbocycles. The van der Waals surface area contributed by atoms with Crippen LogP contribution in [0.5, 0.6) is 5.75 Å². The van der Waals surface area contributed by atoms with Crippen LogP contribution < -0.4 is 4.74 Å². The number of fused-ring (bicyclic) bond motifs is 1. The number of H-pyrrole nitrogens is 1. The van der Waals surface area contributed by atoms with Gasteiger partial charge in [0.25, 0.3) is 0 Å². The molecule has 2 aliphatic rings. The summed E-state index contributed by atoms with van der Waals surface area (Å²) in [4.78, 5) is 10.6. The smallest absolute Gasteiger partial charge is 0.139 e. The predicted octanol–water partition coefficient (Wildman–Crippen LogP) is 5.11. The molecular formula is C22H30ClN3O. The molecule has 1 aromatic heterocycles. The molecule has 2 heterocycles. The van der Waals surface area contributed by atoms with Gasteiger partial charge in [-0.05, 0) is 95.6 Å². The van der Waals surface area contributed by atoms with E-state index in [2.05, 4.69) is 16.9 Å². The lowest BCUT2D eigenvalue weighted by atomic mass is 9.93. The first-order chi connectivity index (χ1) is 13.2. The second-order valence-electron chi connectivity index (χ2n) is 8.10. The molecule has 1 aliphatic heterocycles. The first-order valence-corrected chi connectivity index (χ1v) is 10.8. The van der Waals surface area contributed by atoms with Crippen molar-refractivity contribution in [1.82, 2.24) is 14.9 Å². The minimum atomic E-state index is 0.703. The van der Waals surface area contributed by atoms with Crippen molar-refractivity contribution >= 4 is 11.6 Å². The highest BCUT2D eigenvalue weighted by Gasteiger charge is 2.18. The number of nitrogens with zero attached hydrogens (tertiary/aromatic N) is 2. The minimum absolute atomic E-state index is 0.703. The molecule has 5 heteroatoms. The van der Waals surface area contributed by atoms with Crippen molar-refractivity contribution in [2.24, 2.45) is 5.92 Å². The van der Waals surface area contributed by atoms with E-state index in [0.717, 1.165) is 48.9 Å². The summed E-state index contributed by atoms with van der Waals surface area (Å²) in [5, 5.41) is 0.703. The van der Waals surface area contributed by atoms with Crippen molar-refractivity contribution in [3.63, 3.8) is 0 Å². The zero-order chi connectivity index (χ0) is 18.6. The Morgan fingerprint density at radius 1 is 1.22 bits per heavy atom. The fraction of sp³-hybridized carbons (Fsp3) is 0.591. The highest BCUT2D eigenvalue weighted by atomic mass is 35.5. The van der Waals surface area contributed by atoms with Gasteiger partial charge in [-0.3, -0.25) is 0 Å². The number of rotatable bonds is 6. The SMILES string of the molecule is CN1CCC(CCCOc2ccc(-c3nc4c([nH]3)CCCC4)c(Cl)c2)CC1. The maximum absolute atomic E-state index is 6.53. The summed E-state index contributed by atoms with van der Waals surface area (Å²) in [5.74, 6) is 2.60. The predicted molar refractivity (Wildman–Crippen MR) is 111 cm³/mol. The van der Waals surface area contributed by atoms with Crippen LogP contribution in [0.4, 0.5) is 0 Å². The molecule has 0 atom stereocenters. The van der Waals surface area contributed by atoms with E-state index in [1.165, 1.54) is 56.6 Å². The number of piperidine rings is 1. The van der Waals surface area contributed by atoms with Crippen LogP contribution in [-0.2, 0) is 12.8 Å². The lowest BCUT2D eigenvalue weighted by molar-refractivity contribution is 0.200. The van der Waals surface area contributed by atoms with E-state index in [-0.39, 0.29) is 0 Å². The number of halogens is 1. The third-order valence-electron chi connectivity index (χ3n) is 6.01. The second-order valence-corrected chi connectivity index (χ2v) is 8.50. The normalized spacial score (nSPS) is 18.4. The van der Waals surface area contributed by atoms with Crippen LogP contribution in [0.15, 0.2) is 18.2 Å². The molecule has 0 saturated carbocycles. The summed E-state index contributed by atoms with van der Waals surface area (Å²) in [5.41, 5.74) is 3.45. The summed E-state index contributed by atoms with van der Waals surface area (Å²) in [7, 11) is 2.21. The third kappa shape index (κ3) is 4.67. The summed E-state index contributed by atoms with van der Waals surface area (Å²) in [6, 6.07) is 5.96. The van der Waals surface area contributed by atoms with Crippen LogP contribution in [0.25, 0.3) is 11.4 Å². The topological polar surface area (TPSA) is 41.1 Å². The second kappa shape index (κ2) is 8.66. The van der Waals surface area contributed by atoms with Gasteiger partial charge in [-0.2, -0.15) is 0 Å². The first-order valence-electron chi connectivity index (χ1n) is 10.4. The maximum atomic E-state index is 6.53. The van der Waals surface area contributed by atoms with Gasteiger partial charge in [-0.15, -0.1) is 0 Å². The molecular weight excluding hydrogens is 358 g/mol.